The molecule has 0 saturated carbocycles. The SMILES string of the molecule is CCN(CC(=O)O)C(C)c1ccccc1F. The molecule has 0 saturated heterocycles. The van der Waals surface area contributed by atoms with Crippen LogP contribution in [0.2, 0.25) is 0 Å². The summed E-state index contributed by atoms with van der Waals surface area (Å²) in [5.41, 5.74) is 0.533. The Morgan fingerprint density at radius 3 is 2.62 bits per heavy atom. The molecule has 0 aliphatic rings. The van der Waals surface area contributed by atoms with E-state index in [-0.39, 0.29) is 18.4 Å². The van der Waals surface area contributed by atoms with Crippen LogP contribution in [0.1, 0.15) is 25.5 Å². The summed E-state index contributed by atoms with van der Waals surface area (Å²) in [5.74, 6) is -1.19. The van der Waals surface area contributed by atoms with Crippen molar-refractivity contribution in [3.63, 3.8) is 0 Å². The first-order valence-corrected chi connectivity index (χ1v) is 5.26. The van der Waals surface area contributed by atoms with Crippen molar-refractivity contribution in [2.45, 2.75) is 19.9 Å². The molecule has 1 rings (SSSR count). The molecule has 0 spiro atoms. The number of aliphatic carboxylic acids is 1. The van der Waals surface area contributed by atoms with Crippen LogP contribution in [0.25, 0.3) is 0 Å². The molecule has 0 heterocycles. The van der Waals surface area contributed by atoms with E-state index in [0.29, 0.717) is 12.1 Å². The molecule has 0 aliphatic heterocycles. The number of halogens is 1. The summed E-state index contributed by atoms with van der Waals surface area (Å²) >= 11 is 0. The number of hydrogen-bond donors (Lipinski definition) is 1. The molecule has 1 N–H and O–H groups in total. The van der Waals surface area contributed by atoms with Crippen molar-refractivity contribution in [2.75, 3.05) is 13.1 Å². The number of carbonyl (C=O) groups is 1. The van der Waals surface area contributed by atoms with Gasteiger partial charge in [-0.2, -0.15) is 0 Å². The summed E-state index contributed by atoms with van der Waals surface area (Å²) in [5, 5.41) is 8.74. The number of carboxylic acid groups (broad SMARTS) is 1. The molecule has 0 amide bonds. The van der Waals surface area contributed by atoms with Crippen LogP contribution in [-0.2, 0) is 4.79 Å². The minimum Gasteiger partial charge on any atom is -0.480 e. The average Bonchev–Trinajstić information content (AvgIpc) is 2.25. The van der Waals surface area contributed by atoms with Gasteiger partial charge in [0.25, 0.3) is 0 Å². The van der Waals surface area contributed by atoms with Gasteiger partial charge in [0.1, 0.15) is 5.82 Å². The number of carboxylic acids is 1. The molecule has 1 aromatic rings. The second kappa shape index (κ2) is 5.61. The van der Waals surface area contributed by atoms with E-state index < -0.39 is 5.97 Å². The van der Waals surface area contributed by atoms with E-state index in [1.165, 1.54) is 6.07 Å². The maximum absolute atomic E-state index is 13.5. The molecule has 4 heteroatoms. The van der Waals surface area contributed by atoms with Crippen LogP contribution in [0.5, 0.6) is 0 Å². The first-order valence-electron chi connectivity index (χ1n) is 5.26. The van der Waals surface area contributed by atoms with E-state index in [4.69, 9.17) is 5.11 Å². The maximum atomic E-state index is 13.5. The van der Waals surface area contributed by atoms with Crippen molar-refractivity contribution in [1.29, 1.82) is 0 Å². The fraction of sp³-hybridized carbons (Fsp3) is 0.417. The highest BCUT2D eigenvalue weighted by Crippen LogP contribution is 2.22. The lowest BCUT2D eigenvalue weighted by Crippen LogP contribution is -2.32. The largest absolute Gasteiger partial charge is 0.480 e. The fourth-order valence-corrected chi connectivity index (χ4v) is 1.71. The van der Waals surface area contributed by atoms with Gasteiger partial charge in [0, 0.05) is 11.6 Å². The standard InChI is InChI=1S/C12H16FNO2/c1-3-14(8-12(15)16)9(2)10-6-4-5-7-11(10)13/h4-7,9H,3,8H2,1-2H3,(H,15,16). The van der Waals surface area contributed by atoms with E-state index in [9.17, 15) is 9.18 Å². The van der Waals surface area contributed by atoms with Crippen LogP contribution in [0.4, 0.5) is 4.39 Å². The molecule has 0 aliphatic carbocycles. The molecule has 0 bridgehead atoms. The molecular formula is C12H16FNO2. The van der Waals surface area contributed by atoms with Gasteiger partial charge in [-0.3, -0.25) is 9.69 Å². The minimum absolute atomic E-state index is 0.0774. The van der Waals surface area contributed by atoms with Crippen molar-refractivity contribution in [1.82, 2.24) is 4.90 Å². The summed E-state index contributed by atoms with van der Waals surface area (Å²) in [6.45, 7) is 4.17. The van der Waals surface area contributed by atoms with Gasteiger partial charge < -0.3 is 5.11 Å². The summed E-state index contributed by atoms with van der Waals surface area (Å²) in [4.78, 5) is 12.4. The molecule has 0 aromatic heterocycles. The number of nitrogens with zero attached hydrogens (tertiary/aromatic N) is 1. The molecule has 0 fully saturated rings. The third-order valence-electron chi connectivity index (χ3n) is 2.65. The fourth-order valence-electron chi connectivity index (χ4n) is 1.71. The number of hydrogen-bond acceptors (Lipinski definition) is 2. The van der Waals surface area contributed by atoms with Gasteiger partial charge in [0.15, 0.2) is 0 Å². The summed E-state index contributed by atoms with van der Waals surface area (Å²) in [7, 11) is 0. The summed E-state index contributed by atoms with van der Waals surface area (Å²) < 4.78 is 13.5. The Hall–Kier alpha value is -1.42. The van der Waals surface area contributed by atoms with E-state index in [2.05, 4.69) is 0 Å². The molecule has 88 valence electrons. The van der Waals surface area contributed by atoms with Crippen molar-refractivity contribution in [2.24, 2.45) is 0 Å². The summed E-state index contributed by atoms with van der Waals surface area (Å²) in [6, 6.07) is 6.22. The van der Waals surface area contributed by atoms with E-state index in [1.54, 1.807) is 23.1 Å². The second-order valence-corrected chi connectivity index (χ2v) is 3.65. The van der Waals surface area contributed by atoms with Gasteiger partial charge in [-0.15, -0.1) is 0 Å². The maximum Gasteiger partial charge on any atom is 0.317 e. The highest BCUT2D eigenvalue weighted by Gasteiger charge is 2.19. The molecule has 16 heavy (non-hydrogen) atoms. The Morgan fingerprint density at radius 2 is 2.12 bits per heavy atom. The molecule has 0 radical (unpaired) electrons. The Morgan fingerprint density at radius 1 is 1.50 bits per heavy atom. The lowest BCUT2D eigenvalue weighted by molar-refractivity contribution is -0.138. The van der Waals surface area contributed by atoms with Crippen LogP contribution in [0.3, 0.4) is 0 Å². The van der Waals surface area contributed by atoms with Crippen LogP contribution >= 0.6 is 0 Å². The smallest absolute Gasteiger partial charge is 0.317 e. The Balaban J connectivity index is 2.86. The van der Waals surface area contributed by atoms with Crippen LogP contribution in [0, 0.1) is 5.82 Å². The van der Waals surface area contributed by atoms with E-state index in [0.717, 1.165) is 0 Å². The zero-order valence-electron chi connectivity index (χ0n) is 9.48. The van der Waals surface area contributed by atoms with Crippen molar-refractivity contribution in [3.05, 3.63) is 35.6 Å². The third kappa shape index (κ3) is 3.03. The normalized spacial score (nSPS) is 12.8. The topological polar surface area (TPSA) is 40.5 Å². The highest BCUT2D eigenvalue weighted by atomic mass is 19.1. The molecule has 1 atom stereocenters. The average molecular weight is 225 g/mol. The lowest BCUT2D eigenvalue weighted by Gasteiger charge is -2.26. The van der Waals surface area contributed by atoms with Gasteiger partial charge in [0.05, 0.1) is 6.54 Å². The van der Waals surface area contributed by atoms with Crippen LogP contribution in [0.15, 0.2) is 24.3 Å². The quantitative estimate of drug-likeness (QED) is 0.835. The van der Waals surface area contributed by atoms with Crippen LogP contribution < -0.4 is 0 Å². The lowest BCUT2D eigenvalue weighted by atomic mass is 10.1. The first kappa shape index (κ1) is 12.6. The first-order chi connectivity index (χ1) is 7.56. The van der Waals surface area contributed by atoms with Gasteiger partial charge in [-0.05, 0) is 19.5 Å². The van der Waals surface area contributed by atoms with E-state index >= 15 is 0 Å². The predicted octanol–water partition coefficient (Wildman–Crippen LogP) is 2.29. The zero-order chi connectivity index (χ0) is 12.1. The molecule has 3 nitrogen and oxygen atoms in total. The van der Waals surface area contributed by atoms with Gasteiger partial charge in [-0.25, -0.2) is 4.39 Å². The molecular weight excluding hydrogens is 209 g/mol. The van der Waals surface area contributed by atoms with Gasteiger partial charge in [0.2, 0.25) is 0 Å². The minimum atomic E-state index is -0.898. The molecule has 1 unspecified atom stereocenters. The zero-order valence-corrected chi connectivity index (χ0v) is 9.48. The van der Waals surface area contributed by atoms with E-state index in [1.807, 2.05) is 13.8 Å². The van der Waals surface area contributed by atoms with Crippen molar-refractivity contribution in [3.8, 4) is 0 Å². The third-order valence-corrected chi connectivity index (χ3v) is 2.65. The predicted molar refractivity (Wildman–Crippen MR) is 59.7 cm³/mol. The highest BCUT2D eigenvalue weighted by molar-refractivity contribution is 5.69. The monoisotopic (exact) mass is 225 g/mol. The van der Waals surface area contributed by atoms with Gasteiger partial charge in [-0.1, -0.05) is 25.1 Å². The molecule has 1 aromatic carbocycles. The Labute approximate surface area is 94.5 Å². The Kier molecular flexibility index (Phi) is 4.43. The summed E-state index contributed by atoms with van der Waals surface area (Å²) in [6.07, 6.45) is 0. The Bertz CT molecular complexity index is 368. The van der Waals surface area contributed by atoms with Crippen molar-refractivity contribution >= 4 is 5.97 Å². The van der Waals surface area contributed by atoms with Crippen molar-refractivity contribution < 1.29 is 14.3 Å². The second-order valence-electron chi connectivity index (χ2n) is 3.65. The number of rotatable bonds is 5. The van der Waals surface area contributed by atoms with Crippen LogP contribution in [-0.4, -0.2) is 29.1 Å². The van der Waals surface area contributed by atoms with Gasteiger partial charge >= 0.3 is 5.97 Å². The number of benzene rings is 1. The number of likely N-dealkylation sites (N-methyl/N-ethyl adjacent to an activating group) is 1.